The van der Waals surface area contributed by atoms with Crippen molar-refractivity contribution in [2.24, 2.45) is 5.92 Å². The van der Waals surface area contributed by atoms with Crippen molar-refractivity contribution in [1.29, 1.82) is 0 Å². The van der Waals surface area contributed by atoms with Crippen molar-refractivity contribution in [2.75, 3.05) is 31.7 Å². The van der Waals surface area contributed by atoms with Crippen LogP contribution in [0.4, 0.5) is 5.69 Å². The van der Waals surface area contributed by atoms with Crippen LogP contribution in [0, 0.1) is 5.92 Å². The van der Waals surface area contributed by atoms with Gasteiger partial charge in [0.05, 0.1) is 12.0 Å². The first-order chi connectivity index (χ1) is 13.9. The Morgan fingerprint density at radius 3 is 2.69 bits per heavy atom. The normalized spacial score (nSPS) is 19.2. The minimum atomic E-state index is -0.387. The van der Waals surface area contributed by atoms with Gasteiger partial charge in [-0.2, -0.15) is 0 Å². The maximum absolute atomic E-state index is 13.1. The Balaban J connectivity index is 1.48. The van der Waals surface area contributed by atoms with Crippen LogP contribution in [0.3, 0.4) is 0 Å². The van der Waals surface area contributed by atoms with Gasteiger partial charge in [-0.3, -0.25) is 9.59 Å². The number of carbonyl (C=O) groups excluding carboxylic acids is 2. The van der Waals surface area contributed by atoms with Crippen molar-refractivity contribution >= 4 is 29.1 Å². The summed E-state index contributed by atoms with van der Waals surface area (Å²) in [5.74, 6) is 0.800. The molecule has 2 aliphatic rings. The number of carbonyl (C=O) groups is 2. The number of rotatable bonds is 4. The third kappa shape index (κ3) is 3.90. The third-order valence-corrected chi connectivity index (χ3v) is 5.81. The van der Waals surface area contributed by atoms with E-state index in [1.807, 2.05) is 31.2 Å². The van der Waals surface area contributed by atoms with E-state index in [1.54, 1.807) is 35.0 Å². The number of ether oxygens (including phenoxy) is 2. The maximum Gasteiger partial charge on any atom is 0.228 e. The summed E-state index contributed by atoms with van der Waals surface area (Å²) in [6, 6.07) is 12.8. The fraction of sp³-hybridized carbons (Fsp3) is 0.364. The second kappa shape index (κ2) is 7.95. The smallest absolute Gasteiger partial charge is 0.228 e. The van der Waals surface area contributed by atoms with Crippen molar-refractivity contribution in [2.45, 2.75) is 19.4 Å². The first-order valence-electron chi connectivity index (χ1n) is 9.66. The lowest BCUT2D eigenvalue weighted by Crippen LogP contribution is -2.36. The molecule has 152 valence electrons. The Labute approximate surface area is 174 Å². The van der Waals surface area contributed by atoms with E-state index in [1.165, 1.54) is 0 Å². The highest BCUT2D eigenvalue weighted by Gasteiger charge is 2.37. The molecule has 0 aliphatic carbocycles. The monoisotopic (exact) mass is 414 g/mol. The molecule has 2 aromatic rings. The van der Waals surface area contributed by atoms with Gasteiger partial charge >= 0.3 is 0 Å². The van der Waals surface area contributed by atoms with Gasteiger partial charge in [0.15, 0.2) is 11.5 Å². The summed E-state index contributed by atoms with van der Waals surface area (Å²) in [7, 11) is 1.77. The second-order valence-corrected chi connectivity index (χ2v) is 7.85. The molecule has 2 aromatic carbocycles. The molecule has 2 amide bonds. The Kier molecular flexibility index (Phi) is 5.37. The van der Waals surface area contributed by atoms with Gasteiger partial charge in [-0.15, -0.1) is 0 Å². The molecule has 0 spiro atoms. The summed E-state index contributed by atoms with van der Waals surface area (Å²) in [5.41, 5.74) is 1.68. The number of nitrogens with zero attached hydrogens (tertiary/aromatic N) is 2. The molecule has 6 nitrogen and oxygen atoms in total. The van der Waals surface area contributed by atoms with Crippen molar-refractivity contribution in [3.05, 3.63) is 53.1 Å². The average molecular weight is 415 g/mol. The molecule has 0 N–H and O–H groups in total. The van der Waals surface area contributed by atoms with Gasteiger partial charge in [-0.25, -0.2) is 0 Å². The van der Waals surface area contributed by atoms with E-state index >= 15 is 0 Å². The van der Waals surface area contributed by atoms with Crippen molar-refractivity contribution in [1.82, 2.24) is 4.90 Å². The van der Waals surface area contributed by atoms with Gasteiger partial charge < -0.3 is 19.3 Å². The van der Waals surface area contributed by atoms with Crippen LogP contribution in [-0.4, -0.2) is 43.5 Å². The summed E-state index contributed by atoms with van der Waals surface area (Å²) in [5, 5.41) is 0.635. The van der Waals surface area contributed by atoms with E-state index in [0.717, 1.165) is 11.3 Å². The second-order valence-electron chi connectivity index (χ2n) is 7.41. The van der Waals surface area contributed by atoms with E-state index in [4.69, 9.17) is 21.1 Å². The molecule has 2 aliphatic heterocycles. The molecule has 7 heteroatoms. The molecular weight excluding hydrogens is 392 g/mol. The lowest BCUT2D eigenvalue weighted by atomic mass is 10.0. The van der Waals surface area contributed by atoms with Crippen molar-refractivity contribution in [3.63, 3.8) is 0 Å². The highest BCUT2D eigenvalue weighted by molar-refractivity contribution is 6.30. The largest absolute Gasteiger partial charge is 0.486 e. The number of amides is 2. The summed E-state index contributed by atoms with van der Waals surface area (Å²) >= 11 is 6.08. The molecule has 2 atom stereocenters. The quantitative estimate of drug-likeness (QED) is 0.765. The third-order valence-electron chi connectivity index (χ3n) is 5.57. The lowest BCUT2D eigenvalue weighted by molar-refractivity contribution is -0.136. The van der Waals surface area contributed by atoms with Gasteiger partial charge in [-0.05, 0) is 36.8 Å². The molecule has 29 heavy (non-hydrogen) atoms. The Morgan fingerprint density at radius 1 is 1.17 bits per heavy atom. The molecule has 2 heterocycles. The summed E-state index contributed by atoms with van der Waals surface area (Å²) in [4.78, 5) is 29.0. The highest BCUT2D eigenvalue weighted by atomic mass is 35.5. The zero-order valence-electron chi connectivity index (χ0n) is 16.4. The SMILES string of the molecule is CC(c1cccc(Cl)c1)N(C)C(=O)C1CC(=O)N(c2ccc3c(c2)OCCO3)C1. The van der Waals surface area contributed by atoms with E-state index < -0.39 is 0 Å². The van der Waals surface area contributed by atoms with Crippen LogP contribution < -0.4 is 14.4 Å². The number of hydrogen-bond acceptors (Lipinski definition) is 4. The fourth-order valence-corrected chi connectivity index (χ4v) is 3.99. The zero-order chi connectivity index (χ0) is 20.5. The fourth-order valence-electron chi connectivity index (χ4n) is 3.79. The van der Waals surface area contributed by atoms with E-state index in [2.05, 4.69) is 0 Å². The summed E-state index contributed by atoms with van der Waals surface area (Å²) in [6.07, 6.45) is 0.194. The molecule has 0 saturated carbocycles. The van der Waals surface area contributed by atoms with Gasteiger partial charge in [0, 0.05) is 36.8 Å². The van der Waals surface area contributed by atoms with Gasteiger partial charge in [0.1, 0.15) is 13.2 Å². The number of benzene rings is 2. The molecule has 4 rings (SSSR count). The summed E-state index contributed by atoms with van der Waals surface area (Å²) in [6.45, 7) is 3.31. The topological polar surface area (TPSA) is 59.1 Å². The average Bonchev–Trinajstić information content (AvgIpc) is 3.13. The number of fused-ring (bicyclic) bond motifs is 1. The minimum absolute atomic E-state index is 0.0501. The van der Waals surface area contributed by atoms with Crippen LogP contribution in [0.15, 0.2) is 42.5 Å². The summed E-state index contributed by atoms with van der Waals surface area (Å²) < 4.78 is 11.1. The predicted molar refractivity (Wildman–Crippen MR) is 111 cm³/mol. The Hall–Kier alpha value is -2.73. The van der Waals surface area contributed by atoms with Crippen LogP contribution >= 0.6 is 11.6 Å². The van der Waals surface area contributed by atoms with Crippen LogP contribution in [0.25, 0.3) is 0 Å². The van der Waals surface area contributed by atoms with Crippen LogP contribution in [-0.2, 0) is 9.59 Å². The van der Waals surface area contributed by atoms with Crippen molar-refractivity contribution in [3.8, 4) is 11.5 Å². The molecule has 0 bridgehead atoms. The highest BCUT2D eigenvalue weighted by Crippen LogP contribution is 2.36. The zero-order valence-corrected chi connectivity index (χ0v) is 17.2. The lowest BCUT2D eigenvalue weighted by Gasteiger charge is -2.28. The minimum Gasteiger partial charge on any atom is -0.486 e. The number of anilines is 1. The van der Waals surface area contributed by atoms with E-state index in [9.17, 15) is 9.59 Å². The molecule has 1 saturated heterocycles. The van der Waals surface area contributed by atoms with Gasteiger partial charge in [0.2, 0.25) is 11.8 Å². The van der Waals surface area contributed by atoms with Crippen LogP contribution in [0.2, 0.25) is 5.02 Å². The molecule has 0 aromatic heterocycles. The van der Waals surface area contributed by atoms with Gasteiger partial charge in [0.25, 0.3) is 0 Å². The standard InChI is InChI=1S/C22H23ClN2O4/c1-14(15-4-3-5-17(23)10-15)24(2)22(27)16-11-21(26)25(13-16)18-6-7-19-20(12-18)29-9-8-28-19/h3-7,10,12,14,16H,8-9,11,13H2,1-2H3. The maximum atomic E-state index is 13.1. The first kappa shape index (κ1) is 19.6. The van der Waals surface area contributed by atoms with Crippen LogP contribution in [0.5, 0.6) is 11.5 Å². The first-order valence-corrected chi connectivity index (χ1v) is 10.0. The van der Waals surface area contributed by atoms with E-state index in [-0.39, 0.29) is 30.2 Å². The van der Waals surface area contributed by atoms with E-state index in [0.29, 0.717) is 36.3 Å². The molecular formula is C22H23ClN2O4. The van der Waals surface area contributed by atoms with Crippen LogP contribution in [0.1, 0.15) is 24.9 Å². The Morgan fingerprint density at radius 2 is 1.93 bits per heavy atom. The molecule has 1 fully saturated rings. The number of hydrogen-bond donors (Lipinski definition) is 0. The molecule has 2 unspecified atom stereocenters. The molecule has 0 radical (unpaired) electrons. The Bertz CT molecular complexity index is 948. The van der Waals surface area contributed by atoms with Crippen molar-refractivity contribution < 1.29 is 19.1 Å². The predicted octanol–water partition coefficient (Wildman–Crippen LogP) is 3.68. The number of halogens is 1. The van der Waals surface area contributed by atoms with Gasteiger partial charge in [-0.1, -0.05) is 23.7 Å².